The zero-order valence-corrected chi connectivity index (χ0v) is 48.0. The number of nitrogens with one attached hydrogen (secondary N) is 1. The van der Waals surface area contributed by atoms with E-state index in [9.17, 15) is 19.8 Å². The number of carbonyl (C=O) groups excluding carboxylic acids is 2. The van der Waals surface area contributed by atoms with Crippen LogP contribution in [0.3, 0.4) is 0 Å². The molecule has 420 valence electrons. The fourth-order valence-electron chi connectivity index (χ4n) is 10.1. The lowest BCUT2D eigenvalue weighted by Crippen LogP contribution is -2.45. The molecule has 0 radical (unpaired) electrons. The average Bonchev–Trinajstić information content (AvgIpc) is 3.37. The van der Waals surface area contributed by atoms with Gasteiger partial charge in [-0.3, -0.25) is 9.59 Å². The van der Waals surface area contributed by atoms with Crippen LogP contribution in [0.25, 0.3) is 0 Å². The van der Waals surface area contributed by atoms with E-state index in [4.69, 9.17) is 4.74 Å². The summed E-state index contributed by atoms with van der Waals surface area (Å²) in [5.74, 6) is -0.0522. The Balaban J connectivity index is 3.46. The molecule has 0 aliphatic heterocycles. The summed E-state index contributed by atoms with van der Waals surface area (Å²) in [6, 6.07) is -0.550. The summed E-state index contributed by atoms with van der Waals surface area (Å²) in [4.78, 5) is 24.5. The smallest absolute Gasteiger partial charge is 0.305 e. The number of esters is 1. The maximum atomic E-state index is 12.5. The lowest BCUT2D eigenvalue weighted by molar-refractivity contribution is -0.143. The molecule has 0 rings (SSSR count). The van der Waals surface area contributed by atoms with Crippen LogP contribution >= 0.6 is 0 Å². The summed E-state index contributed by atoms with van der Waals surface area (Å²) in [5, 5.41) is 23.4. The van der Waals surface area contributed by atoms with Crippen molar-refractivity contribution in [3.63, 3.8) is 0 Å². The molecule has 1 amide bonds. The van der Waals surface area contributed by atoms with Crippen LogP contribution in [-0.4, -0.2) is 47.4 Å². The third-order valence-electron chi connectivity index (χ3n) is 15.0. The molecule has 0 bridgehead atoms. The van der Waals surface area contributed by atoms with Gasteiger partial charge in [-0.05, 0) is 57.8 Å². The van der Waals surface area contributed by atoms with Gasteiger partial charge in [-0.25, -0.2) is 0 Å². The number of aliphatic hydroxyl groups excluding tert-OH is 2. The Hall–Kier alpha value is -1.66. The van der Waals surface area contributed by atoms with Gasteiger partial charge in [-0.1, -0.05) is 308 Å². The second-order valence-electron chi connectivity index (χ2n) is 22.1. The number of amides is 1. The number of ether oxygens (including phenoxy) is 1. The van der Waals surface area contributed by atoms with Crippen molar-refractivity contribution in [1.82, 2.24) is 5.32 Å². The fourth-order valence-corrected chi connectivity index (χ4v) is 10.1. The Morgan fingerprint density at radius 3 is 1.04 bits per heavy atom. The molecule has 0 saturated carbocycles. The van der Waals surface area contributed by atoms with Crippen molar-refractivity contribution in [2.45, 2.75) is 366 Å². The zero-order chi connectivity index (χ0) is 51.4. The van der Waals surface area contributed by atoms with Crippen LogP contribution in [0, 0.1) is 0 Å². The molecule has 2 unspecified atom stereocenters. The van der Waals surface area contributed by atoms with Crippen LogP contribution < -0.4 is 5.32 Å². The largest absolute Gasteiger partial charge is 0.466 e. The second-order valence-corrected chi connectivity index (χ2v) is 22.1. The first-order valence-electron chi connectivity index (χ1n) is 32.1. The molecule has 3 N–H and O–H groups in total. The van der Waals surface area contributed by atoms with Crippen molar-refractivity contribution in [2.24, 2.45) is 0 Å². The van der Waals surface area contributed by atoms with Crippen LogP contribution in [0.1, 0.15) is 354 Å². The van der Waals surface area contributed by atoms with E-state index in [-0.39, 0.29) is 18.5 Å². The van der Waals surface area contributed by atoms with Crippen LogP contribution in [0.5, 0.6) is 0 Å². The van der Waals surface area contributed by atoms with Crippen LogP contribution in [0.4, 0.5) is 0 Å². The van der Waals surface area contributed by atoms with Crippen molar-refractivity contribution in [2.75, 3.05) is 13.2 Å². The van der Waals surface area contributed by atoms with E-state index in [2.05, 4.69) is 43.5 Å². The molecule has 71 heavy (non-hydrogen) atoms. The summed E-state index contributed by atoms with van der Waals surface area (Å²) in [6.07, 6.45) is 74.8. The van der Waals surface area contributed by atoms with E-state index in [1.807, 2.05) is 0 Å². The quantitative estimate of drug-likeness (QED) is 0.0320. The first-order valence-corrected chi connectivity index (χ1v) is 32.1. The molecule has 0 aromatic heterocycles. The predicted octanol–water partition coefficient (Wildman–Crippen LogP) is 20.2. The van der Waals surface area contributed by atoms with E-state index in [1.165, 1.54) is 250 Å². The highest BCUT2D eigenvalue weighted by atomic mass is 16.5. The van der Waals surface area contributed by atoms with Gasteiger partial charge in [0.05, 0.1) is 25.4 Å². The summed E-state index contributed by atoms with van der Waals surface area (Å²) in [5.41, 5.74) is 0. The molecule has 2 atom stereocenters. The lowest BCUT2D eigenvalue weighted by atomic mass is 10.0. The first-order chi connectivity index (χ1) is 35.0. The van der Waals surface area contributed by atoms with Crippen LogP contribution in [-0.2, 0) is 14.3 Å². The summed E-state index contributed by atoms with van der Waals surface area (Å²) in [7, 11) is 0. The molecule has 0 heterocycles. The zero-order valence-electron chi connectivity index (χ0n) is 48.0. The monoisotopic (exact) mass is 1000 g/mol. The normalized spacial score (nSPS) is 12.7. The first kappa shape index (κ1) is 69.3. The average molecular weight is 1000 g/mol. The molecule has 0 aliphatic rings. The van der Waals surface area contributed by atoms with Gasteiger partial charge in [-0.2, -0.15) is 0 Å². The maximum Gasteiger partial charge on any atom is 0.305 e. The number of carbonyl (C=O) groups is 2. The maximum absolute atomic E-state index is 12.5. The minimum absolute atomic E-state index is 0.0111. The minimum Gasteiger partial charge on any atom is -0.466 e. The van der Waals surface area contributed by atoms with Gasteiger partial charge in [-0.15, -0.1) is 0 Å². The Labute approximate surface area is 443 Å². The molecule has 6 heteroatoms. The molecule has 0 fully saturated rings. The van der Waals surface area contributed by atoms with E-state index >= 15 is 0 Å². The predicted molar refractivity (Wildman–Crippen MR) is 310 cm³/mol. The Bertz CT molecular complexity index is 1110. The second kappa shape index (κ2) is 60.9. The van der Waals surface area contributed by atoms with Gasteiger partial charge in [0.25, 0.3) is 0 Å². The van der Waals surface area contributed by atoms with E-state index in [1.54, 1.807) is 0 Å². The van der Waals surface area contributed by atoms with Crippen molar-refractivity contribution in [3.8, 4) is 0 Å². The standard InChI is InChI=1S/C65H125NO5/c1-3-5-7-9-11-13-15-17-18-19-20-21-22-24-27-30-34-37-41-45-49-53-57-63(68)62(61-67)66-64(69)58-54-50-46-42-38-35-31-28-25-23-26-29-32-36-40-44-48-52-56-60-71-65(70)59-55-51-47-43-39-33-16-14-12-10-8-6-4-2/h29,32,36,40,62-63,67-68H,3-28,30-31,33-35,37-39,41-61H2,1-2H3,(H,66,69)/b32-29-,40-36-. The molecular formula is C65H125NO5. The number of unbranched alkanes of at least 4 members (excludes halogenated alkanes) is 46. The SMILES string of the molecule is CCCCCCCCCCCCCCCCCCCCCCCCC(O)C(CO)NC(=O)CCCCCCCCCCCC/C=C\C=C/CCCCCOC(=O)CCCCCCCCCCCCCCC. The van der Waals surface area contributed by atoms with Crippen molar-refractivity contribution >= 4 is 11.9 Å². The molecule has 0 aliphatic carbocycles. The third kappa shape index (κ3) is 57.5. The Kier molecular flexibility index (Phi) is 59.5. The highest BCUT2D eigenvalue weighted by Crippen LogP contribution is 2.18. The number of allylic oxidation sites excluding steroid dienone is 4. The Morgan fingerprint density at radius 1 is 0.394 bits per heavy atom. The van der Waals surface area contributed by atoms with Crippen molar-refractivity contribution < 1.29 is 24.5 Å². The van der Waals surface area contributed by atoms with Crippen molar-refractivity contribution in [1.29, 1.82) is 0 Å². The van der Waals surface area contributed by atoms with E-state index in [0.717, 1.165) is 70.6 Å². The summed E-state index contributed by atoms with van der Waals surface area (Å²) >= 11 is 0. The minimum atomic E-state index is -0.672. The topological polar surface area (TPSA) is 95.9 Å². The molecule has 0 aromatic carbocycles. The lowest BCUT2D eigenvalue weighted by Gasteiger charge is -2.22. The van der Waals surface area contributed by atoms with Gasteiger partial charge in [0.1, 0.15) is 0 Å². The fraction of sp³-hybridized carbons (Fsp3) is 0.908. The molecular weight excluding hydrogens is 875 g/mol. The third-order valence-corrected chi connectivity index (χ3v) is 15.0. The van der Waals surface area contributed by atoms with Crippen LogP contribution in [0.2, 0.25) is 0 Å². The van der Waals surface area contributed by atoms with E-state index in [0.29, 0.717) is 25.9 Å². The number of hydrogen-bond donors (Lipinski definition) is 3. The van der Waals surface area contributed by atoms with Gasteiger partial charge < -0.3 is 20.3 Å². The van der Waals surface area contributed by atoms with Gasteiger partial charge in [0, 0.05) is 12.8 Å². The molecule has 0 spiro atoms. The van der Waals surface area contributed by atoms with Crippen LogP contribution in [0.15, 0.2) is 24.3 Å². The summed E-state index contributed by atoms with van der Waals surface area (Å²) < 4.78 is 5.45. The number of aliphatic hydroxyl groups is 2. The van der Waals surface area contributed by atoms with Crippen molar-refractivity contribution in [3.05, 3.63) is 24.3 Å². The number of hydrogen-bond acceptors (Lipinski definition) is 5. The van der Waals surface area contributed by atoms with E-state index < -0.39 is 12.1 Å². The van der Waals surface area contributed by atoms with Gasteiger partial charge >= 0.3 is 5.97 Å². The summed E-state index contributed by atoms with van der Waals surface area (Å²) in [6.45, 7) is 4.94. The molecule has 6 nitrogen and oxygen atoms in total. The highest BCUT2D eigenvalue weighted by molar-refractivity contribution is 5.76. The van der Waals surface area contributed by atoms with Gasteiger partial charge in [0.2, 0.25) is 5.91 Å². The number of rotatable bonds is 60. The highest BCUT2D eigenvalue weighted by Gasteiger charge is 2.20. The molecule has 0 saturated heterocycles. The van der Waals surface area contributed by atoms with Gasteiger partial charge in [0.15, 0.2) is 0 Å². The molecule has 0 aromatic rings. The Morgan fingerprint density at radius 2 is 0.690 bits per heavy atom.